The van der Waals surface area contributed by atoms with Gasteiger partial charge in [0.2, 0.25) is 5.88 Å². The summed E-state index contributed by atoms with van der Waals surface area (Å²) in [5, 5.41) is 3.77. The number of guanidine groups is 1. The van der Waals surface area contributed by atoms with Gasteiger partial charge in [-0.05, 0) is 18.2 Å². The maximum absolute atomic E-state index is 5.95. The lowest BCUT2D eigenvalue weighted by atomic mass is 10.3. The van der Waals surface area contributed by atoms with Gasteiger partial charge in [0.25, 0.3) is 0 Å². The molecular formula is C15H16Cl2N4O2. The molecule has 2 rings (SSSR count). The van der Waals surface area contributed by atoms with Gasteiger partial charge in [-0.15, -0.1) is 0 Å². The zero-order chi connectivity index (χ0) is 16.7. The van der Waals surface area contributed by atoms with Crippen molar-refractivity contribution in [1.82, 2.24) is 4.98 Å². The van der Waals surface area contributed by atoms with Crippen molar-refractivity contribution in [2.24, 2.45) is 10.7 Å². The average Bonchev–Trinajstić information content (AvgIpc) is 2.53. The summed E-state index contributed by atoms with van der Waals surface area (Å²) in [6.45, 7) is 0.637. The van der Waals surface area contributed by atoms with Crippen molar-refractivity contribution in [2.45, 2.75) is 0 Å². The number of nitrogens with one attached hydrogen (secondary N) is 1. The van der Waals surface area contributed by atoms with Crippen LogP contribution in [-0.2, 0) is 0 Å². The number of nitrogens with two attached hydrogens (primary N) is 1. The van der Waals surface area contributed by atoms with Crippen molar-refractivity contribution in [3.05, 3.63) is 46.6 Å². The Morgan fingerprint density at radius 2 is 2.17 bits per heavy atom. The Morgan fingerprint density at radius 1 is 1.35 bits per heavy atom. The molecule has 0 radical (unpaired) electrons. The van der Waals surface area contributed by atoms with Gasteiger partial charge in [-0.2, -0.15) is 0 Å². The van der Waals surface area contributed by atoms with Crippen LogP contribution in [0.15, 0.2) is 41.5 Å². The summed E-state index contributed by atoms with van der Waals surface area (Å²) >= 11 is 11.7. The lowest BCUT2D eigenvalue weighted by Crippen LogP contribution is -2.23. The maximum Gasteiger partial charge on any atom is 0.232 e. The minimum Gasteiger partial charge on any atom is -0.497 e. The second-order valence-corrected chi connectivity index (χ2v) is 5.26. The number of rotatable bonds is 6. The summed E-state index contributed by atoms with van der Waals surface area (Å²) in [6, 6.07) is 8.93. The van der Waals surface area contributed by atoms with Gasteiger partial charge in [0.05, 0.1) is 18.7 Å². The van der Waals surface area contributed by atoms with Crippen LogP contribution in [0.3, 0.4) is 0 Å². The Balaban J connectivity index is 1.82. The first-order valence-electron chi connectivity index (χ1n) is 6.73. The predicted octanol–water partition coefficient (Wildman–Crippen LogP) is 3.20. The molecule has 1 heterocycles. The van der Waals surface area contributed by atoms with Crippen molar-refractivity contribution < 1.29 is 9.47 Å². The van der Waals surface area contributed by atoms with Gasteiger partial charge >= 0.3 is 0 Å². The highest BCUT2D eigenvalue weighted by atomic mass is 35.5. The number of aliphatic imine (C=N–C) groups is 1. The first kappa shape index (κ1) is 17.2. The first-order chi connectivity index (χ1) is 11.1. The molecule has 1 aromatic carbocycles. The molecule has 3 N–H and O–H groups in total. The molecule has 23 heavy (non-hydrogen) atoms. The molecule has 0 saturated carbocycles. The number of ether oxygens (including phenoxy) is 2. The number of methoxy groups -OCH3 is 1. The van der Waals surface area contributed by atoms with E-state index in [0.29, 0.717) is 22.5 Å². The molecule has 0 fully saturated rings. The molecule has 0 aliphatic carbocycles. The largest absolute Gasteiger partial charge is 0.497 e. The van der Waals surface area contributed by atoms with Crippen LogP contribution in [-0.4, -0.2) is 31.2 Å². The van der Waals surface area contributed by atoms with Gasteiger partial charge < -0.3 is 20.5 Å². The van der Waals surface area contributed by atoms with Gasteiger partial charge in [-0.1, -0.05) is 29.3 Å². The van der Waals surface area contributed by atoms with E-state index in [4.69, 9.17) is 38.4 Å². The fourth-order valence-corrected chi connectivity index (χ4v) is 2.14. The third-order valence-corrected chi connectivity index (χ3v) is 3.21. The van der Waals surface area contributed by atoms with Crippen LogP contribution in [0.2, 0.25) is 10.0 Å². The molecule has 0 amide bonds. The van der Waals surface area contributed by atoms with Crippen molar-refractivity contribution >= 4 is 34.8 Å². The van der Waals surface area contributed by atoms with Crippen LogP contribution in [0.1, 0.15) is 0 Å². The second-order valence-electron chi connectivity index (χ2n) is 4.41. The molecule has 122 valence electrons. The zero-order valence-electron chi connectivity index (χ0n) is 12.4. The van der Waals surface area contributed by atoms with Crippen LogP contribution in [0.5, 0.6) is 11.6 Å². The molecule has 6 nitrogen and oxygen atoms in total. The average molecular weight is 355 g/mol. The fourth-order valence-electron chi connectivity index (χ4n) is 1.70. The fraction of sp³-hybridized carbons (Fsp3) is 0.200. The summed E-state index contributed by atoms with van der Waals surface area (Å²) in [7, 11) is 1.60. The number of hydrogen-bond acceptors (Lipinski definition) is 4. The summed E-state index contributed by atoms with van der Waals surface area (Å²) in [4.78, 5) is 8.14. The first-order valence-corrected chi connectivity index (χ1v) is 7.49. The van der Waals surface area contributed by atoms with Gasteiger partial charge in [0.15, 0.2) is 5.96 Å². The molecule has 0 saturated heterocycles. The highest BCUT2D eigenvalue weighted by molar-refractivity contribution is 6.35. The Morgan fingerprint density at radius 3 is 2.91 bits per heavy atom. The van der Waals surface area contributed by atoms with E-state index in [2.05, 4.69) is 15.3 Å². The van der Waals surface area contributed by atoms with Gasteiger partial charge in [-0.25, -0.2) is 9.98 Å². The molecular weight excluding hydrogens is 339 g/mol. The number of aromatic nitrogens is 1. The minimum absolute atomic E-state index is 0.275. The Kier molecular flexibility index (Phi) is 6.31. The van der Waals surface area contributed by atoms with E-state index in [-0.39, 0.29) is 12.6 Å². The van der Waals surface area contributed by atoms with Crippen molar-refractivity contribution in [3.8, 4) is 11.6 Å². The number of pyridine rings is 1. The minimum atomic E-state index is 0.275. The molecule has 2 aromatic rings. The quantitative estimate of drug-likeness (QED) is 0.472. The molecule has 1 aromatic heterocycles. The van der Waals surface area contributed by atoms with Crippen LogP contribution in [0.25, 0.3) is 0 Å². The third kappa shape index (κ3) is 5.50. The van der Waals surface area contributed by atoms with E-state index in [1.54, 1.807) is 13.2 Å². The number of benzene rings is 1. The maximum atomic E-state index is 5.95. The van der Waals surface area contributed by atoms with E-state index < -0.39 is 0 Å². The molecule has 0 aliphatic heterocycles. The topological polar surface area (TPSA) is 81.8 Å². The zero-order valence-corrected chi connectivity index (χ0v) is 13.9. The smallest absolute Gasteiger partial charge is 0.232 e. The van der Waals surface area contributed by atoms with E-state index in [1.165, 1.54) is 6.20 Å². The number of nitrogens with zero attached hydrogens (tertiary/aromatic N) is 2. The Labute approximate surface area is 144 Å². The standard InChI is InChI=1S/C15H16Cl2N4O2/c1-22-12-4-2-3-11(8-12)21-15(18)19-5-6-23-14-13(17)7-10(16)9-20-14/h2-4,7-9H,5-6H2,1H3,(H3,18,19,21). The molecule has 0 spiro atoms. The third-order valence-electron chi connectivity index (χ3n) is 2.73. The van der Waals surface area contributed by atoms with Crippen LogP contribution in [0.4, 0.5) is 5.69 Å². The second kappa shape index (κ2) is 8.45. The number of halogens is 2. The number of hydrogen-bond donors (Lipinski definition) is 2. The van der Waals surface area contributed by atoms with E-state index in [9.17, 15) is 0 Å². The Hall–Kier alpha value is -2.18. The molecule has 0 bridgehead atoms. The monoisotopic (exact) mass is 354 g/mol. The molecule has 0 atom stereocenters. The molecule has 0 aliphatic rings. The molecule has 8 heteroatoms. The van der Waals surface area contributed by atoms with E-state index in [1.807, 2.05) is 24.3 Å². The van der Waals surface area contributed by atoms with E-state index >= 15 is 0 Å². The van der Waals surface area contributed by atoms with Crippen molar-refractivity contribution in [3.63, 3.8) is 0 Å². The summed E-state index contributed by atoms with van der Waals surface area (Å²) in [5.41, 5.74) is 6.60. The molecule has 0 unspecified atom stereocenters. The highest BCUT2D eigenvalue weighted by Gasteiger charge is 2.03. The lowest BCUT2D eigenvalue weighted by molar-refractivity contribution is 0.316. The highest BCUT2D eigenvalue weighted by Crippen LogP contribution is 2.24. The lowest BCUT2D eigenvalue weighted by Gasteiger charge is -2.08. The SMILES string of the molecule is COc1cccc(NC(N)=NCCOc2ncc(Cl)cc2Cl)c1. The predicted molar refractivity (Wildman–Crippen MR) is 92.9 cm³/mol. The summed E-state index contributed by atoms with van der Waals surface area (Å²) in [6.07, 6.45) is 1.46. The van der Waals surface area contributed by atoms with E-state index in [0.717, 1.165) is 11.4 Å². The number of anilines is 1. The van der Waals surface area contributed by atoms with Crippen LogP contribution in [0, 0.1) is 0 Å². The Bertz CT molecular complexity index is 695. The van der Waals surface area contributed by atoms with Crippen LogP contribution < -0.4 is 20.5 Å². The van der Waals surface area contributed by atoms with Gasteiger partial charge in [0, 0.05) is 18.0 Å². The summed E-state index contributed by atoms with van der Waals surface area (Å²) in [5.74, 6) is 1.32. The van der Waals surface area contributed by atoms with Crippen molar-refractivity contribution in [2.75, 3.05) is 25.6 Å². The van der Waals surface area contributed by atoms with Crippen molar-refractivity contribution in [1.29, 1.82) is 0 Å². The normalized spacial score (nSPS) is 11.2. The van der Waals surface area contributed by atoms with Gasteiger partial charge in [-0.3, -0.25) is 0 Å². The van der Waals surface area contributed by atoms with Gasteiger partial charge in [0.1, 0.15) is 17.4 Å². The summed E-state index contributed by atoms with van der Waals surface area (Å²) < 4.78 is 10.6. The van der Waals surface area contributed by atoms with Crippen LogP contribution >= 0.6 is 23.2 Å².